The van der Waals surface area contributed by atoms with Crippen molar-refractivity contribution in [1.29, 1.82) is 0 Å². The summed E-state index contributed by atoms with van der Waals surface area (Å²) in [5.74, 6) is -0.183. The van der Waals surface area contributed by atoms with E-state index >= 15 is 0 Å². The zero-order valence-corrected chi connectivity index (χ0v) is 10.2. The van der Waals surface area contributed by atoms with Crippen molar-refractivity contribution in [2.24, 2.45) is 5.73 Å². The molecule has 0 fully saturated rings. The number of nitrogens with two attached hydrogens (primary N) is 1. The fourth-order valence-electron chi connectivity index (χ4n) is 1.34. The zero-order chi connectivity index (χ0) is 12.8. The van der Waals surface area contributed by atoms with E-state index in [1.54, 1.807) is 24.3 Å². The Kier molecular flexibility index (Phi) is 4.97. The quantitative estimate of drug-likeness (QED) is 0.763. The van der Waals surface area contributed by atoms with E-state index in [4.69, 9.17) is 15.6 Å². The molecule has 3 N–H and O–H groups in total. The van der Waals surface area contributed by atoms with Crippen LogP contribution in [0.3, 0.4) is 0 Å². The molecule has 1 aromatic carbocycles. The van der Waals surface area contributed by atoms with Crippen molar-refractivity contribution in [3.05, 3.63) is 29.8 Å². The van der Waals surface area contributed by atoms with Crippen LogP contribution in [0.1, 0.15) is 25.8 Å². The molecule has 17 heavy (non-hydrogen) atoms. The minimum absolute atomic E-state index is 0.103. The number of ether oxygens (including phenoxy) is 1. The van der Waals surface area contributed by atoms with Gasteiger partial charge in [-0.1, -0.05) is 19.1 Å². The van der Waals surface area contributed by atoms with Crippen LogP contribution < -0.4 is 5.73 Å². The van der Waals surface area contributed by atoms with Gasteiger partial charge in [-0.2, -0.15) is 0 Å². The fourth-order valence-corrected chi connectivity index (χ4v) is 1.34. The van der Waals surface area contributed by atoms with Gasteiger partial charge in [-0.15, -0.1) is 0 Å². The van der Waals surface area contributed by atoms with E-state index in [0.717, 1.165) is 12.0 Å². The van der Waals surface area contributed by atoms with E-state index in [1.165, 1.54) is 0 Å². The lowest BCUT2D eigenvalue weighted by atomic mass is 10.1. The van der Waals surface area contributed by atoms with E-state index in [9.17, 15) is 4.79 Å². The molecule has 2 atom stereocenters. The maximum Gasteiger partial charge on any atom is 0.323 e. The van der Waals surface area contributed by atoms with Gasteiger partial charge < -0.3 is 15.6 Å². The van der Waals surface area contributed by atoms with Gasteiger partial charge in [0.15, 0.2) is 0 Å². The highest BCUT2D eigenvalue weighted by Gasteiger charge is 2.17. The van der Waals surface area contributed by atoms with Crippen molar-refractivity contribution in [2.45, 2.75) is 38.8 Å². The summed E-state index contributed by atoms with van der Waals surface area (Å²) in [6, 6.07) is 5.97. The van der Waals surface area contributed by atoms with Gasteiger partial charge in [-0.05, 0) is 37.5 Å². The summed E-state index contributed by atoms with van der Waals surface area (Å²) < 4.78 is 5.14. The highest BCUT2D eigenvalue weighted by atomic mass is 16.5. The van der Waals surface area contributed by atoms with Crippen molar-refractivity contribution >= 4 is 5.97 Å². The monoisotopic (exact) mass is 237 g/mol. The molecule has 0 heterocycles. The van der Waals surface area contributed by atoms with E-state index in [-0.39, 0.29) is 17.8 Å². The van der Waals surface area contributed by atoms with Crippen molar-refractivity contribution in [2.75, 3.05) is 0 Å². The lowest BCUT2D eigenvalue weighted by Crippen LogP contribution is -2.36. The van der Waals surface area contributed by atoms with Crippen LogP contribution >= 0.6 is 0 Å². The van der Waals surface area contributed by atoms with Crippen LogP contribution in [0.4, 0.5) is 0 Å². The average Bonchev–Trinajstić information content (AvgIpc) is 2.31. The number of aromatic hydroxyl groups is 1. The number of phenolic OH excluding ortho intramolecular Hbond substituents is 1. The Bertz CT molecular complexity index is 361. The molecule has 0 spiro atoms. The molecule has 0 aliphatic carbocycles. The second-order valence-electron chi connectivity index (χ2n) is 4.13. The van der Waals surface area contributed by atoms with Gasteiger partial charge in [0.1, 0.15) is 11.8 Å². The molecule has 0 saturated heterocycles. The number of hydrogen-bond donors (Lipinski definition) is 2. The topological polar surface area (TPSA) is 72.5 Å². The average molecular weight is 237 g/mol. The summed E-state index contributed by atoms with van der Waals surface area (Å²) in [5.41, 5.74) is 6.65. The molecule has 1 unspecified atom stereocenters. The van der Waals surface area contributed by atoms with Gasteiger partial charge in [0.05, 0.1) is 6.10 Å². The predicted molar refractivity (Wildman–Crippen MR) is 65.6 cm³/mol. The van der Waals surface area contributed by atoms with Gasteiger partial charge in [0.2, 0.25) is 0 Å². The Labute approximate surface area is 101 Å². The van der Waals surface area contributed by atoms with Crippen LogP contribution in [0.2, 0.25) is 0 Å². The third-order valence-corrected chi connectivity index (χ3v) is 2.59. The van der Waals surface area contributed by atoms with Gasteiger partial charge in [0.25, 0.3) is 0 Å². The third kappa shape index (κ3) is 4.44. The largest absolute Gasteiger partial charge is 0.508 e. The molecular weight excluding hydrogens is 218 g/mol. The van der Waals surface area contributed by atoms with Gasteiger partial charge in [-0.3, -0.25) is 4.79 Å². The van der Waals surface area contributed by atoms with Crippen LogP contribution in [0.15, 0.2) is 24.3 Å². The molecule has 0 bridgehead atoms. The molecule has 4 nitrogen and oxygen atoms in total. The second kappa shape index (κ2) is 6.25. The highest BCUT2D eigenvalue weighted by molar-refractivity contribution is 5.76. The maximum absolute atomic E-state index is 11.6. The van der Waals surface area contributed by atoms with Crippen molar-refractivity contribution in [1.82, 2.24) is 0 Å². The Hall–Kier alpha value is -1.55. The molecule has 4 heteroatoms. The van der Waals surface area contributed by atoms with Crippen LogP contribution in [0.25, 0.3) is 0 Å². The van der Waals surface area contributed by atoms with E-state index < -0.39 is 6.04 Å². The van der Waals surface area contributed by atoms with Gasteiger partial charge in [-0.25, -0.2) is 0 Å². The number of hydrogen-bond acceptors (Lipinski definition) is 4. The van der Waals surface area contributed by atoms with Crippen molar-refractivity contribution < 1.29 is 14.6 Å². The molecule has 1 aromatic rings. The molecular formula is C13H19NO3. The molecule has 0 amide bonds. The van der Waals surface area contributed by atoms with Crippen LogP contribution in [-0.2, 0) is 16.0 Å². The number of benzene rings is 1. The fraction of sp³-hybridized carbons (Fsp3) is 0.462. The van der Waals surface area contributed by atoms with Gasteiger partial charge in [0, 0.05) is 0 Å². The normalized spacial score (nSPS) is 14.1. The number of rotatable bonds is 5. The number of carbonyl (C=O) groups is 1. The summed E-state index contributed by atoms with van der Waals surface area (Å²) in [5, 5.41) is 9.13. The first kappa shape index (κ1) is 13.5. The zero-order valence-electron chi connectivity index (χ0n) is 10.2. The first-order valence-electron chi connectivity index (χ1n) is 5.77. The lowest BCUT2D eigenvalue weighted by molar-refractivity contribution is -0.149. The lowest BCUT2D eigenvalue weighted by Gasteiger charge is -2.15. The molecule has 0 radical (unpaired) electrons. The number of esters is 1. The smallest absolute Gasteiger partial charge is 0.323 e. The van der Waals surface area contributed by atoms with E-state index in [0.29, 0.717) is 6.42 Å². The summed E-state index contributed by atoms with van der Waals surface area (Å²) in [7, 11) is 0. The summed E-state index contributed by atoms with van der Waals surface area (Å²) in [6.07, 6.45) is 1.08. The molecule has 0 aromatic heterocycles. The molecule has 0 aliphatic rings. The number of phenols is 1. The molecule has 0 aliphatic heterocycles. The second-order valence-corrected chi connectivity index (χ2v) is 4.13. The molecule has 94 valence electrons. The van der Waals surface area contributed by atoms with Crippen molar-refractivity contribution in [3.8, 4) is 5.75 Å². The Morgan fingerprint density at radius 3 is 2.53 bits per heavy atom. The molecule has 1 rings (SSSR count). The summed E-state index contributed by atoms with van der Waals surface area (Å²) >= 11 is 0. The molecule has 0 saturated carbocycles. The SMILES string of the molecule is CCC(C)OC(=O)[C@H](N)Cc1ccc(O)cc1. The first-order chi connectivity index (χ1) is 8.02. The Morgan fingerprint density at radius 1 is 1.41 bits per heavy atom. The third-order valence-electron chi connectivity index (χ3n) is 2.59. The summed E-state index contributed by atoms with van der Waals surface area (Å²) in [6.45, 7) is 3.79. The predicted octanol–water partition coefficient (Wildman–Crippen LogP) is 1.60. The minimum Gasteiger partial charge on any atom is -0.508 e. The van der Waals surface area contributed by atoms with Crippen LogP contribution in [-0.4, -0.2) is 23.2 Å². The van der Waals surface area contributed by atoms with Crippen LogP contribution in [0, 0.1) is 0 Å². The summed E-state index contributed by atoms with van der Waals surface area (Å²) in [4.78, 5) is 11.6. The first-order valence-corrected chi connectivity index (χ1v) is 5.77. The van der Waals surface area contributed by atoms with Crippen molar-refractivity contribution in [3.63, 3.8) is 0 Å². The van der Waals surface area contributed by atoms with E-state index in [2.05, 4.69) is 0 Å². The maximum atomic E-state index is 11.6. The van der Waals surface area contributed by atoms with E-state index in [1.807, 2.05) is 13.8 Å². The Morgan fingerprint density at radius 2 is 2.00 bits per heavy atom. The van der Waals surface area contributed by atoms with Gasteiger partial charge >= 0.3 is 5.97 Å². The minimum atomic E-state index is -0.659. The number of carbonyl (C=O) groups excluding carboxylic acids is 1. The Balaban J connectivity index is 2.51. The highest BCUT2D eigenvalue weighted by Crippen LogP contribution is 2.11. The van der Waals surface area contributed by atoms with Crippen LogP contribution in [0.5, 0.6) is 5.75 Å². The standard InChI is InChI=1S/C13H19NO3/c1-3-9(2)17-13(16)12(14)8-10-4-6-11(15)7-5-10/h4-7,9,12,15H,3,8,14H2,1-2H3/t9?,12-/m1/s1.